The van der Waals surface area contributed by atoms with Gasteiger partial charge in [0.15, 0.2) is 0 Å². The molecule has 1 heterocycles. The van der Waals surface area contributed by atoms with Crippen molar-refractivity contribution in [1.82, 2.24) is 9.97 Å². The molecule has 0 fully saturated rings. The Morgan fingerprint density at radius 3 is 2.44 bits per heavy atom. The quantitative estimate of drug-likeness (QED) is 0.557. The minimum absolute atomic E-state index is 0.0720. The second-order valence-electron chi connectivity index (χ2n) is 3.95. The van der Waals surface area contributed by atoms with E-state index in [1.54, 1.807) is 13.8 Å². The lowest BCUT2D eigenvalue weighted by molar-refractivity contribution is -0.120. The number of halogens is 3. The SMILES string of the molecule is CC(C)N(CC(F)(F)F)c1cc(NN)nc(N)n1. The molecule has 0 aliphatic rings. The maximum Gasteiger partial charge on any atom is 0.405 e. The third-order valence-electron chi connectivity index (χ3n) is 2.15. The van der Waals surface area contributed by atoms with E-state index in [4.69, 9.17) is 11.6 Å². The number of alkyl halides is 3. The highest BCUT2D eigenvalue weighted by molar-refractivity contribution is 5.52. The summed E-state index contributed by atoms with van der Waals surface area (Å²) in [5, 5.41) is 0. The zero-order valence-electron chi connectivity index (χ0n) is 9.99. The Hall–Kier alpha value is -1.77. The van der Waals surface area contributed by atoms with Gasteiger partial charge in [-0.2, -0.15) is 23.1 Å². The third kappa shape index (κ3) is 3.91. The molecule has 0 aromatic carbocycles. The molecule has 0 unspecified atom stereocenters. The highest BCUT2D eigenvalue weighted by atomic mass is 19.4. The molecular formula is C9H15F3N6. The number of rotatable bonds is 4. The molecule has 1 aromatic heterocycles. The average Bonchev–Trinajstić information content (AvgIpc) is 2.23. The summed E-state index contributed by atoms with van der Waals surface area (Å²) in [4.78, 5) is 8.57. The molecule has 1 aromatic rings. The standard InChI is InChI=1S/C9H15F3N6/c1-5(2)18(4-9(10,11)12)7-3-6(17-14)15-8(13)16-7/h3,5H,4,14H2,1-2H3,(H3,13,15,16,17). The van der Waals surface area contributed by atoms with E-state index in [0.29, 0.717) is 0 Å². The van der Waals surface area contributed by atoms with E-state index in [-0.39, 0.29) is 17.6 Å². The highest BCUT2D eigenvalue weighted by Crippen LogP contribution is 2.24. The Bertz CT molecular complexity index is 406. The smallest absolute Gasteiger partial charge is 0.368 e. The third-order valence-corrected chi connectivity index (χ3v) is 2.15. The summed E-state index contributed by atoms with van der Waals surface area (Å²) >= 11 is 0. The van der Waals surface area contributed by atoms with Crippen LogP contribution in [-0.2, 0) is 0 Å². The number of hydrogen-bond acceptors (Lipinski definition) is 6. The zero-order valence-corrected chi connectivity index (χ0v) is 9.99. The highest BCUT2D eigenvalue weighted by Gasteiger charge is 2.32. The minimum Gasteiger partial charge on any atom is -0.368 e. The van der Waals surface area contributed by atoms with E-state index >= 15 is 0 Å². The number of hydrazine groups is 1. The largest absolute Gasteiger partial charge is 0.405 e. The van der Waals surface area contributed by atoms with Gasteiger partial charge in [0, 0.05) is 12.1 Å². The van der Waals surface area contributed by atoms with Crippen molar-refractivity contribution in [2.75, 3.05) is 22.6 Å². The van der Waals surface area contributed by atoms with Crippen LogP contribution in [-0.4, -0.2) is 28.7 Å². The predicted octanol–water partition coefficient (Wildman–Crippen LogP) is 1.12. The van der Waals surface area contributed by atoms with Crippen LogP contribution in [0.15, 0.2) is 6.07 Å². The normalized spacial score (nSPS) is 11.7. The second kappa shape index (κ2) is 5.25. The van der Waals surface area contributed by atoms with Crippen LogP contribution in [0.1, 0.15) is 13.8 Å². The topological polar surface area (TPSA) is 93.1 Å². The van der Waals surface area contributed by atoms with E-state index in [1.807, 2.05) is 0 Å². The fourth-order valence-electron chi connectivity index (χ4n) is 1.39. The predicted molar refractivity (Wildman–Crippen MR) is 62.8 cm³/mol. The molecule has 0 saturated heterocycles. The summed E-state index contributed by atoms with van der Waals surface area (Å²) in [5.41, 5.74) is 7.64. The molecule has 9 heteroatoms. The van der Waals surface area contributed by atoms with Crippen molar-refractivity contribution in [3.63, 3.8) is 0 Å². The fourth-order valence-corrected chi connectivity index (χ4v) is 1.39. The van der Waals surface area contributed by atoms with Gasteiger partial charge in [0.1, 0.15) is 18.2 Å². The van der Waals surface area contributed by atoms with Crippen molar-refractivity contribution in [3.8, 4) is 0 Å². The van der Waals surface area contributed by atoms with Gasteiger partial charge in [0.2, 0.25) is 5.95 Å². The van der Waals surface area contributed by atoms with Gasteiger partial charge < -0.3 is 16.1 Å². The van der Waals surface area contributed by atoms with E-state index in [2.05, 4.69) is 15.4 Å². The van der Waals surface area contributed by atoms with E-state index in [1.165, 1.54) is 6.07 Å². The first-order valence-electron chi connectivity index (χ1n) is 5.17. The number of nitrogens with two attached hydrogens (primary N) is 2. The molecule has 0 radical (unpaired) electrons. The first-order chi connectivity index (χ1) is 8.23. The Morgan fingerprint density at radius 1 is 1.39 bits per heavy atom. The first kappa shape index (κ1) is 14.3. The van der Waals surface area contributed by atoms with Crippen LogP contribution in [0.3, 0.4) is 0 Å². The molecule has 0 spiro atoms. The molecule has 6 nitrogen and oxygen atoms in total. The van der Waals surface area contributed by atoms with E-state index < -0.39 is 18.8 Å². The number of nitrogens with zero attached hydrogens (tertiary/aromatic N) is 3. The van der Waals surface area contributed by atoms with Gasteiger partial charge >= 0.3 is 6.18 Å². The lowest BCUT2D eigenvalue weighted by atomic mass is 10.3. The number of nitrogens with one attached hydrogen (secondary N) is 1. The molecular weight excluding hydrogens is 249 g/mol. The van der Waals surface area contributed by atoms with Crippen molar-refractivity contribution >= 4 is 17.6 Å². The Morgan fingerprint density at radius 2 is 2.00 bits per heavy atom. The summed E-state index contributed by atoms with van der Waals surface area (Å²) in [6.07, 6.45) is -4.33. The van der Waals surface area contributed by atoms with E-state index in [0.717, 1.165) is 4.90 Å². The lowest BCUT2D eigenvalue weighted by Gasteiger charge is -2.28. The van der Waals surface area contributed by atoms with Gasteiger partial charge in [0.25, 0.3) is 0 Å². The van der Waals surface area contributed by atoms with Crippen LogP contribution in [0.5, 0.6) is 0 Å². The van der Waals surface area contributed by atoms with Gasteiger partial charge in [-0.1, -0.05) is 0 Å². The first-order valence-corrected chi connectivity index (χ1v) is 5.17. The summed E-state index contributed by atoms with van der Waals surface area (Å²) in [7, 11) is 0. The van der Waals surface area contributed by atoms with E-state index in [9.17, 15) is 13.2 Å². The summed E-state index contributed by atoms with van der Waals surface area (Å²) < 4.78 is 37.4. The van der Waals surface area contributed by atoms with Crippen LogP contribution in [0.25, 0.3) is 0 Å². The van der Waals surface area contributed by atoms with Crippen molar-refractivity contribution in [1.29, 1.82) is 0 Å². The van der Waals surface area contributed by atoms with Crippen LogP contribution in [0, 0.1) is 0 Å². The summed E-state index contributed by atoms with van der Waals surface area (Å²) in [5.74, 6) is 5.24. The fraction of sp³-hybridized carbons (Fsp3) is 0.556. The van der Waals surface area contributed by atoms with Crippen molar-refractivity contribution < 1.29 is 13.2 Å². The summed E-state index contributed by atoms with van der Waals surface area (Å²) in [6.45, 7) is 2.13. The Labute approximate surface area is 102 Å². The molecule has 0 bridgehead atoms. The second-order valence-corrected chi connectivity index (χ2v) is 3.95. The summed E-state index contributed by atoms with van der Waals surface area (Å²) in [6, 6.07) is 0.911. The average molecular weight is 264 g/mol. The molecule has 0 saturated carbocycles. The molecule has 0 atom stereocenters. The van der Waals surface area contributed by atoms with Gasteiger partial charge in [-0.15, -0.1) is 0 Å². The molecule has 1 rings (SSSR count). The number of nitrogen functional groups attached to an aromatic ring is 2. The maximum absolute atomic E-state index is 12.5. The molecule has 0 amide bonds. The Kier molecular flexibility index (Phi) is 4.17. The van der Waals surface area contributed by atoms with Gasteiger partial charge in [-0.25, -0.2) is 5.84 Å². The zero-order chi connectivity index (χ0) is 13.9. The van der Waals surface area contributed by atoms with Crippen LogP contribution < -0.4 is 21.9 Å². The molecule has 5 N–H and O–H groups in total. The molecule has 102 valence electrons. The molecule has 0 aliphatic carbocycles. The molecule has 18 heavy (non-hydrogen) atoms. The van der Waals surface area contributed by atoms with Crippen LogP contribution in [0.2, 0.25) is 0 Å². The van der Waals surface area contributed by atoms with Crippen LogP contribution in [0.4, 0.5) is 30.8 Å². The Balaban J connectivity index is 3.09. The van der Waals surface area contributed by atoms with Crippen LogP contribution >= 0.6 is 0 Å². The minimum atomic E-state index is -4.33. The maximum atomic E-state index is 12.5. The lowest BCUT2D eigenvalue weighted by Crippen LogP contribution is -2.39. The van der Waals surface area contributed by atoms with Crippen molar-refractivity contribution in [2.45, 2.75) is 26.1 Å². The number of aromatic nitrogens is 2. The number of hydrogen-bond donors (Lipinski definition) is 3. The van der Waals surface area contributed by atoms with Gasteiger partial charge in [-0.05, 0) is 13.8 Å². The van der Waals surface area contributed by atoms with Crippen molar-refractivity contribution in [2.24, 2.45) is 5.84 Å². The van der Waals surface area contributed by atoms with Gasteiger partial charge in [0.05, 0.1) is 0 Å². The monoisotopic (exact) mass is 264 g/mol. The molecule has 0 aliphatic heterocycles. The van der Waals surface area contributed by atoms with Gasteiger partial charge in [-0.3, -0.25) is 0 Å². The van der Waals surface area contributed by atoms with Crippen molar-refractivity contribution in [3.05, 3.63) is 6.07 Å². The number of anilines is 3.